The first kappa shape index (κ1) is 16.4. The van der Waals surface area contributed by atoms with Gasteiger partial charge in [-0.1, -0.05) is 15.9 Å². The zero-order valence-corrected chi connectivity index (χ0v) is 13.3. The van der Waals surface area contributed by atoms with Crippen LogP contribution >= 0.6 is 15.9 Å². The van der Waals surface area contributed by atoms with Gasteiger partial charge in [-0.05, 0) is 19.1 Å². The number of carboxylic acid groups (broad SMARTS) is 1. The van der Waals surface area contributed by atoms with E-state index in [1.54, 1.807) is 4.72 Å². The Balaban J connectivity index is 2.47. The third-order valence-corrected chi connectivity index (χ3v) is 4.53. The van der Waals surface area contributed by atoms with Crippen molar-refractivity contribution < 1.29 is 31.5 Å². The fraction of sp³-hybridized carbons (Fsp3) is 0.0833. The summed E-state index contributed by atoms with van der Waals surface area (Å²) >= 11 is 2.87. The Kier molecular flexibility index (Phi) is 4.25. The smallest absolute Gasteiger partial charge is 0.371 e. The molecule has 2 rings (SSSR count). The van der Waals surface area contributed by atoms with E-state index in [9.17, 15) is 22.0 Å². The molecule has 1 aromatic carbocycles. The van der Waals surface area contributed by atoms with E-state index < -0.39 is 44.0 Å². The minimum atomic E-state index is -4.42. The van der Waals surface area contributed by atoms with Gasteiger partial charge in [0.1, 0.15) is 16.3 Å². The lowest BCUT2D eigenvalue weighted by atomic mass is 10.3. The Bertz CT molecular complexity index is 839. The number of sulfonamides is 1. The summed E-state index contributed by atoms with van der Waals surface area (Å²) in [5, 5.41) is 8.76. The molecule has 0 aliphatic rings. The Morgan fingerprint density at radius 3 is 2.27 bits per heavy atom. The molecular weight excluding hydrogens is 388 g/mol. The number of rotatable bonds is 4. The third kappa shape index (κ3) is 3.12. The number of halogens is 3. The SMILES string of the molecule is Cc1oc(C(=O)O)cc1S(=O)(=O)Nc1c(F)cc(Br)cc1F. The highest BCUT2D eigenvalue weighted by Crippen LogP contribution is 2.28. The predicted octanol–water partition coefficient (Wildman–Crippen LogP) is 3.13. The van der Waals surface area contributed by atoms with Crippen LogP contribution in [0.5, 0.6) is 0 Å². The average molecular weight is 396 g/mol. The van der Waals surface area contributed by atoms with Crippen molar-refractivity contribution in [2.75, 3.05) is 4.72 Å². The maximum Gasteiger partial charge on any atom is 0.371 e. The Hall–Kier alpha value is -1.94. The van der Waals surface area contributed by atoms with Crippen LogP contribution in [-0.4, -0.2) is 19.5 Å². The zero-order chi connectivity index (χ0) is 16.7. The van der Waals surface area contributed by atoms with Crippen molar-refractivity contribution in [3.8, 4) is 0 Å². The second kappa shape index (κ2) is 5.69. The molecule has 0 saturated carbocycles. The molecule has 0 saturated heterocycles. The maximum absolute atomic E-state index is 13.7. The van der Waals surface area contributed by atoms with E-state index >= 15 is 0 Å². The van der Waals surface area contributed by atoms with Gasteiger partial charge in [-0.3, -0.25) is 4.72 Å². The molecule has 1 heterocycles. The first-order chi connectivity index (χ1) is 10.1. The number of anilines is 1. The number of carboxylic acids is 1. The van der Waals surface area contributed by atoms with E-state index in [2.05, 4.69) is 15.9 Å². The average Bonchev–Trinajstić information content (AvgIpc) is 2.77. The van der Waals surface area contributed by atoms with Crippen molar-refractivity contribution >= 4 is 37.6 Å². The van der Waals surface area contributed by atoms with Crippen LogP contribution in [0.3, 0.4) is 0 Å². The highest BCUT2D eigenvalue weighted by Gasteiger charge is 2.26. The van der Waals surface area contributed by atoms with Gasteiger partial charge in [-0.2, -0.15) is 0 Å². The molecule has 0 amide bonds. The molecular formula is C12H8BrF2NO5S. The van der Waals surface area contributed by atoms with Gasteiger partial charge in [0, 0.05) is 10.5 Å². The summed E-state index contributed by atoms with van der Waals surface area (Å²) < 4.78 is 58.2. The van der Waals surface area contributed by atoms with Crippen LogP contribution in [0.25, 0.3) is 0 Å². The van der Waals surface area contributed by atoms with Gasteiger partial charge in [0.15, 0.2) is 11.6 Å². The molecule has 0 aliphatic carbocycles. The van der Waals surface area contributed by atoms with Crippen LogP contribution in [0.2, 0.25) is 0 Å². The molecule has 2 N–H and O–H groups in total. The molecule has 0 unspecified atom stereocenters. The highest BCUT2D eigenvalue weighted by atomic mass is 79.9. The summed E-state index contributed by atoms with van der Waals surface area (Å²) in [7, 11) is -4.42. The van der Waals surface area contributed by atoms with Gasteiger partial charge in [-0.25, -0.2) is 22.0 Å². The topological polar surface area (TPSA) is 96.6 Å². The van der Waals surface area contributed by atoms with E-state index in [1.165, 1.54) is 6.92 Å². The first-order valence-electron chi connectivity index (χ1n) is 5.63. The summed E-state index contributed by atoms with van der Waals surface area (Å²) in [5.74, 6) is -4.55. The third-order valence-electron chi connectivity index (χ3n) is 2.62. The molecule has 22 heavy (non-hydrogen) atoms. The van der Waals surface area contributed by atoms with E-state index in [-0.39, 0.29) is 10.2 Å². The predicted molar refractivity (Wildman–Crippen MR) is 75.3 cm³/mol. The van der Waals surface area contributed by atoms with Crippen molar-refractivity contribution in [1.29, 1.82) is 0 Å². The molecule has 0 fully saturated rings. The lowest BCUT2D eigenvalue weighted by Crippen LogP contribution is -2.15. The fourth-order valence-corrected chi connectivity index (χ4v) is 3.32. The van der Waals surface area contributed by atoms with Crippen LogP contribution in [-0.2, 0) is 10.0 Å². The molecule has 0 bridgehead atoms. The Morgan fingerprint density at radius 2 is 1.82 bits per heavy atom. The standard InChI is InChI=1S/C12H8BrF2NO5S/c1-5-10(4-9(21-5)12(17)18)22(19,20)16-11-7(14)2-6(13)3-8(11)15/h2-4,16H,1H3,(H,17,18). The second-order valence-electron chi connectivity index (χ2n) is 4.19. The van der Waals surface area contributed by atoms with Gasteiger partial charge in [0.05, 0.1) is 0 Å². The summed E-state index contributed by atoms with van der Waals surface area (Å²) in [6, 6.07) is 2.52. The summed E-state index contributed by atoms with van der Waals surface area (Å²) in [4.78, 5) is 10.2. The molecule has 2 aromatic rings. The monoisotopic (exact) mass is 395 g/mol. The summed E-state index contributed by atoms with van der Waals surface area (Å²) in [6.45, 7) is 1.22. The Labute approximate surface area is 131 Å². The molecule has 118 valence electrons. The molecule has 1 aromatic heterocycles. The number of carbonyl (C=O) groups is 1. The second-order valence-corrected chi connectivity index (χ2v) is 6.75. The number of hydrogen-bond acceptors (Lipinski definition) is 4. The molecule has 0 radical (unpaired) electrons. The normalized spacial score (nSPS) is 11.5. The molecule has 0 atom stereocenters. The van der Waals surface area contributed by atoms with Crippen LogP contribution < -0.4 is 4.72 Å². The van der Waals surface area contributed by atoms with Crippen molar-refractivity contribution in [3.05, 3.63) is 45.8 Å². The minimum absolute atomic E-state index is 0.0955. The van der Waals surface area contributed by atoms with Gasteiger partial charge < -0.3 is 9.52 Å². The summed E-state index contributed by atoms with van der Waals surface area (Å²) in [5.41, 5.74) is -0.874. The number of furan rings is 1. The van der Waals surface area contributed by atoms with E-state index in [4.69, 9.17) is 9.52 Å². The van der Waals surface area contributed by atoms with E-state index in [1.807, 2.05) is 0 Å². The van der Waals surface area contributed by atoms with Crippen molar-refractivity contribution in [2.45, 2.75) is 11.8 Å². The van der Waals surface area contributed by atoms with Crippen LogP contribution in [0.1, 0.15) is 16.3 Å². The lowest BCUT2D eigenvalue weighted by molar-refractivity contribution is 0.0661. The van der Waals surface area contributed by atoms with E-state index in [0.29, 0.717) is 0 Å². The number of hydrogen-bond donors (Lipinski definition) is 2. The minimum Gasteiger partial charge on any atom is -0.475 e. The molecule has 10 heteroatoms. The number of aromatic carboxylic acids is 1. The van der Waals surface area contributed by atoms with Crippen LogP contribution in [0.4, 0.5) is 14.5 Å². The van der Waals surface area contributed by atoms with E-state index in [0.717, 1.165) is 18.2 Å². The zero-order valence-electron chi connectivity index (χ0n) is 10.9. The highest BCUT2D eigenvalue weighted by molar-refractivity contribution is 9.10. The van der Waals surface area contributed by atoms with Gasteiger partial charge >= 0.3 is 5.97 Å². The molecule has 0 spiro atoms. The van der Waals surface area contributed by atoms with Gasteiger partial charge in [0.2, 0.25) is 5.76 Å². The number of benzene rings is 1. The summed E-state index contributed by atoms with van der Waals surface area (Å²) in [6.07, 6.45) is 0. The maximum atomic E-state index is 13.7. The van der Waals surface area contributed by atoms with Crippen molar-refractivity contribution in [1.82, 2.24) is 0 Å². The van der Waals surface area contributed by atoms with Gasteiger partial charge in [0.25, 0.3) is 10.0 Å². The van der Waals surface area contributed by atoms with Crippen molar-refractivity contribution in [2.24, 2.45) is 0 Å². The first-order valence-corrected chi connectivity index (χ1v) is 7.90. The van der Waals surface area contributed by atoms with Crippen molar-refractivity contribution in [3.63, 3.8) is 0 Å². The molecule has 0 aliphatic heterocycles. The lowest BCUT2D eigenvalue weighted by Gasteiger charge is -2.09. The van der Waals surface area contributed by atoms with Crippen LogP contribution in [0.15, 0.2) is 32.0 Å². The Morgan fingerprint density at radius 1 is 1.27 bits per heavy atom. The van der Waals surface area contributed by atoms with Gasteiger partial charge in [-0.15, -0.1) is 0 Å². The molecule has 6 nitrogen and oxygen atoms in total. The largest absolute Gasteiger partial charge is 0.475 e. The number of aryl methyl sites for hydroxylation is 1. The number of nitrogens with one attached hydrogen (secondary N) is 1. The quantitative estimate of drug-likeness (QED) is 0.828. The fourth-order valence-electron chi connectivity index (χ4n) is 1.67. The van der Waals surface area contributed by atoms with Crippen LogP contribution in [0, 0.1) is 18.6 Å².